The molecule has 0 aliphatic rings. The van der Waals surface area contributed by atoms with Crippen LogP contribution in [0.15, 0.2) is 18.3 Å². The van der Waals surface area contributed by atoms with Gasteiger partial charge in [0.05, 0.1) is 0 Å². The monoisotopic (exact) mass is 246 g/mol. The summed E-state index contributed by atoms with van der Waals surface area (Å²) in [5.41, 5.74) is 2.08. The van der Waals surface area contributed by atoms with Crippen molar-refractivity contribution in [3.8, 4) is 0 Å². The summed E-state index contributed by atoms with van der Waals surface area (Å²) in [6, 6.07) is 3.83. The number of ether oxygens (including phenoxy) is 1. The Morgan fingerprint density at radius 1 is 1.33 bits per heavy atom. The second-order valence-electron chi connectivity index (χ2n) is 5.40. The molecule has 0 aliphatic heterocycles. The van der Waals surface area contributed by atoms with E-state index in [0.29, 0.717) is 5.65 Å². The lowest BCUT2D eigenvalue weighted by atomic mass is 10.2. The molecule has 96 valence electrons. The van der Waals surface area contributed by atoms with Crippen LogP contribution in [-0.2, 0) is 4.74 Å². The number of rotatable bonds is 0. The lowest BCUT2D eigenvalue weighted by Gasteiger charge is -2.20. The molecule has 0 unspecified atom stereocenters. The average molecular weight is 246 g/mol. The van der Waals surface area contributed by atoms with E-state index in [1.165, 1.54) is 4.57 Å². The van der Waals surface area contributed by atoms with Crippen molar-refractivity contribution in [1.29, 1.82) is 0 Å². The summed E-state index contributed by atoms with van der Waals surface area (Å²) >= 11 is 0. The molecule has 2 rings (SSSR count). The maximum absolute atomic E-state index is 12.2. The quantitative estimate of drug-likeness (QED) is 0.715. The fourth-order valence-electron chi connectivity index (χ4n) is 1.92. The van der Waals surface area contributed by atoms with Crippen LogP contribution in [0.5, 0.6) is 0 Å². The molecule has 0 bridgehead atoms. The molecular weight excluding hydrogens is 228 g/mol. The van der Waals surface area contributed by atoms with E-state index >= 15 is 0 Å². The highest BCUT2D eigenvalue weighted by molar-refractivity contribution is 5.90. The molecule has 2 aromatic rings. The molecule has 0 radical (unpaired) electrons. The normalized spacial score (nSPS) is 11.8. The molecule has 0 aliphatic carbocycles. The molecule has 2 heterocycles. The van der Waals surface area contributed by atoms with Crippen LogP contribution in [0.4, 0.5) is 4.79 Å². The van der Waals surface area contributed by atoms with E-state index in [9.17, 15) is 4.79 Å². The van der Waals surface area contributed by atoms with Crippen LogP contribution in [0, 0.1) is 13.8 Å². The molecule has 18 heavy (non-hydrogen) atoms. The van der Waals surface area contributed by atoms with Crippen molar-refractivity contribution in [1.82, 2.24) is 9.55 Å². The molecule has 0 N–H and O–H groups in total. The van der Waals surface area contributed by atoms with Crippen LogP contribution in [0.3, 0.4) is 0 Å². The molecule has 0 saturated heterocycles. The van der Waals surface area contributed by atoms with Crippen molar-refractivity contribution < 1.29 is 9.53 Å². The molecule has 0 saturated carbocycles. The highest BCUT2D eigenvalue weighted by Gasteiger charge is 2.22. The van der Waals surface area contributed by atoms with Crippen LogP contribution in [0.2, 0.25) is 0 Å². The fourth-order valence-corrected chi connectivity index (χ4v) is 1.92. The zero-order valence-corrected chi connectivity index (χ0v) is 11.4. The number of carbonyl (C=O) groups excluding carboxylic acids is 1. The first-order valence-corrected chi connectivity index (χ1v) is 5.97. The lowest BCUT2D eigenvalue weighted by Crippen LogP contribution is -2.27. The Morgan fingerprint density at radius 3 is 2.61 bits per heavy atom. The van der Waals surface area contributed by atoms with Crippen LogP contribution in [0.1, 0.15) is 32.0 Å². The Labute approximate surface area is 107 Å². The van der Waals surface area contributed by atoms with Crippen molar-refractivity contribution in [2.45, 2.75) is 40.2 Å². The van der Waals surface area contributed by atoms with Gasteiger partial charge in [0.2, 0.25) is 0 Å². The predicted molar refractivity (Wildman–Crippen MR) is 70.8 cm³/mol. The van der Waals surface area contributed by atoms with Gasteiger partial charge in [0.25, 0.3) is 0 Å². The molecule has 0 amide bonds. The van der Waals surface area contributed by atoms with Crippen molar-refractivity contribution in [2.75, 3.05) is 0 Å². The van der Waals surface area contributed by atoms with Crippen LogP contribution >= 0.6 is 0 Å². The minimum Gasteiger partial charge on any atom is -0.443 e. The zero-order valence-electron chi connectivity index (χ0n) is 11.4. The van der Waals surface area contributed by atoms with Gasteiger partial charge in [-0.2, -0.15) is 0 Å². The Hall–Kier alpha value is -1.84. The van der Waals surface area contributed by atoms with Gasteiger partial charge in [-0.05, 0) is 52.3 Å². The lowest BCUT2D eigenvalue weighted by molar-refractivity contribution is 0.0540. The van der Waals surface area contributed by atoms with E-state index < -0.39 is 5.60 Å². The van der Waals surface area contributed by atoms with Gasteiger partial charge < -0.3 is 4.74 Å². The first-order chi connectivity index (χ1) is 8.31. The summed E-state index contributed by atoms with van der Waals surface area (Å²) in [6.45, 7) is 9.45. The van der Waals surface area contributed by atoms with Gasteiger partial charge in [-0.3, -0.25) is 0 Å². The third-order valence-electron chi connectivity index (χ3n) is 2.86. The number of nitrogens with zero attached hydrogens (tertiary/aromatic N) is 2. The number of fused-ring (bicyclic) bond motifs is 1. The smallest absolute Gasteiger partial charge is 0.420 e. The largest absolute Gasteiger partial charge is 0.443 e. The van der Waals surface area contributed by atoms with Gasteiger partial charge >= 0.3 is 6.09 Å². The first kappa shape index (κ1) is 12.6. The second kappa shape index (κ2) is 4.12. The molecule has 0 spiro atoms. The van der Waals surface area contributed by atoms with Crippen molar-refractivity contribution in [2.24, 2.45) is 0 Å². The van der Waals surface area contributed by atoms with E-state index in [0.717, 1.165) is 16.6 Å². The minimum atomic E-state index is -0.511. The third-order valence-corrected chi connectivity index (χ3v) is 2.86. The zero-order chi connectivity index (χ0) is 13.5. The summed E-state index contributed by atoms with van der Waals surface area (Å²) in [5, 5.41) is 0.987. The van der Waals surface area contributed by atoms with E-state index in [1.807, 2.05) is 46.8 Å². The second-order valence-corrected chi connectivity index (χ2v) is 5.40. The van der Waals surface area contributed by atoms with E-state index in [2.05, 4.69) is 4.98 Å². The van der Waals surface area contributed by atoms with E-state index in [4.69, 9.17) is 4.74 Å². The van der Waals surface area contributed by atoms with E-state index in [-0.39, 0.29) is 6.09 Å². The van der Waals surface area contributed by atoms with Crippen molar-refractivity contribution in [3.05, 3.63) is 29.6 Å². The van der Waals surface area contributed by atoms with E-state index in [1.54, 1.807) is 6.20 Å². The number of carbonyl (C=O) groups is 1. The topological polar surface area (TPSA) is 44.1 Å². The molecule has 2 aromatic heterocycles. The van der Waals surface area contributed by atoms with Gasteiger partial charge in [0.15, 0.2) is 0 Å². The summed E-state index contributed by atoms with van der Waals surface area (Å²) in [5.74, 6) is 0. The van der Waals surface area contributed by atoms with Crippen molar-refractivity contribution in [3.63, 3.8) is 0 Å². The first-order valence-electron chi connectivity index (χ1n) is 5.97. The Bertz CT molecular complexity index is 606. The Kier molecular flexibility index (Phi) is 2.89. The van der Waals surface area contributed by atoms with Crippen LogP contribution < -0.4 is 0 Å². The number of pyridine rings is 1. The van der Waals surface area contributed by atoms with Crippen LogP contribution in [0.25, 0.3) is 11.0 Å². The predicted octanol–water partition coefficient (Wildman–Crippen LogP) is 3.44. The van der Waals surface area contributed by atoms with Gasteiger partial charge in [-0.25, -0.2) is 14.3 Å². The van der Waals surface area contributed by atoms with Gasteiger partial charge in [0.1, 0.15) is 11.2 Å². The Balaban J connectivity index is 2.58. The molecule has 4 heteroatoms. The SMILES string of the molecule is Cc1c(C)n(C(=O)OC(C)(C)C)c2ncccc12. The molecule has 0 fully saturated rings. The molecular formula is C14H18N2O2. The number of aromatic nitrogens is 2. The summed E-state index contributed by atoms with van der Waals surface area (Å²) in [7, 11) is 0. The molecule has 0 aromatic carbocycles. The minimum absolute atomic E-state index is 0.378. The number of aryl methyl sites for hydroxylation is 1. The Morgan fingerprint density at radius 2 is 2.00 bits per heavy atom. The third kappa shape index (κ3) is 2.10. The fraction of sp³-hybridized carbons (Fsp3) is 0.429. The maximum atomic E-state index is 12.2. The molecule has 0 atom stereocenters. The van der Waals surface area contributed by atoms with Gasteiger partial charge in [-0.1, -0.05) is 0 Å². The maximum Gasteiger partial charge on any atom is 0.420 e. The molecule has 4 nitrogen and oxygen atoms in total. The standard InChI is InChI=1S/C14H18N2O2/c1-9-10(2)16(13(17)18-14(3,4)5)12-11(9)7-6-8-15-12/h6-8H,1-5H3. The highest BCUT2D eigenvalue weighted by Crippen LogP contribution is 2.24. The van der Waals surface area contributed by atoms with Crippen molar-refractivity contribution >= 4 is 17.1 Å². The van der Waals surface area contributed by atoms with Crippen LogP contribution in [-0.4, -0.2) is 21.2 Å². The van der Waals surface area contributed by atoms with Gasteiger partial charge in [-0.15, -0.1) is 0 Å². The van der Waals surface area contributed by atoms with Gasteiger partial charge in [0, 0.05) is 17.3 Å². The summed E-state index contributed by atoms with van der Waals surface area (Å²) < 4.78 is 6.95. The average Bonchev–Trinajstić information content (AvgIpc) is 2.50. The summed E-state index contributed by atoms with van der Waals surface area (Å²) in [6.07, 6.45) is 1.30. The highest BCUT2D eigenvalue weighted by atomic mass is 16.6. The summed E-state index contributed by atoms with van der Waals surface area (Å²) in [4.78, 5) is 16.5. The number of hydrogen-bond acceptors (Lipinski definition) is 3. The number of hydrogen-bond donors (Lipinski definition) is 0.